The SMILES string of the molecule is CC(C)CCNC(=O)[C@H](C)Oc1ccc2c(c1)[C@@H](c1ccccc1)N(Cc1ccccc1F)CC2. The maximum Gasteiger partial charge on any atom is 0.260 e. The van der Waals surface area contributed by atoms with E-state index in [2.05, 4.69) is 48.3 Å². The van der Waals surface area contributed by atoms with Gasteiger partial charge in [-0.3, -0.25) is 9.69 Å². The molecule has 0 spiro atoms. The largest absolute Gasteiger partial charge is 0.481 e. The summed E-state index contributed by atoms with van der Waals surface area (Å²) in [6.45, 7) is 8.05. The lowest BCUT2D eigenvalue weighted by Gasteiger charge is -2.38. The number of nitrogens with zero attached hydrogens (tertiary/aromatic N) is 1. The Morgan fingerprint density at radius 3 is 2.54 bits per heavy atom. The molecule has 0 aromatic heterocycles. The Bertz CT molecular complexity index is 1130. The standard InChI is InChI=1S/C30H35FN2O2/c1-21(2)15-17-32-30(34)22(3)35-26-14-13-23-16-18-33(20-25-11-7-8-12-28(25)31)29(27(23)19-26)24-9-5-4-6-10-24/h4-14,19,21-22,29H,15-18,20H2,1-3H3,(H,32,34)/t22-,29+/m0/s1. The fourth-order valence-corrected chi connectivity index (χ4v) is 4.65. The second-order valence-electron chi connectivity index (χ2n) is 9.72. The Morgan fingerprint density at radius 1 is 1.06 bits per heavy atom. The number of fused-ring (bicyclic) bond motifs is 1. The molecule has 3 aromatic rings. The highest BCUT2D eigenvalue weighted by atomic mass is 19.1. The Kier molecular flexibility index (Phi) is 8.19. The van der Waals surface area contributed by atoms with Crippen LogP contribution in [0.15, 0.2) is 72.8 Å². The van der Waals surface area contributed by atoms with Gasteiger partial charge in [0.15, 0.2) is 6.10 Å². The van der Waals surface area contributed by atoms with Crippen LogP contribution in [0.4, 0.5) is 4.39 Å². The summed E-state index contributed by atoms with van der Waals surface area (Å²) in [5.41, 5.74) is 4.24. The number of nitrogens with one attached hydrogen (secondary N) is 1. The number of hydrogen-bond acceptors (Lipinski definition) is 3. The van der Waals surface area contributed by atoms with Crippen molar-refractivity contribution in [2.45, 2.75) is 52.3 Å². The van der Waals surface area contributed by atoms with Crippen molar-refractivity contribution in [2.24, 2.45) is 5.92 Å². The number of ether oxygens (including phenoxy) is 1. The van der Waals surface area contributed by atoms with Crippen LogP contribution in [0.2, 0.25) is 0 Å². The Balaban J connectivity index is 1.58. The van der Waals surface area contributed by atoms with E-state index in [1.807, 2.05) is 36.4 Å². The first-order chi connectivity index (χ1) is 16.9. The summed E-state index contributed by atoms with van der Waals surface area (Å²) in [5, 5.41) is 2.96. The van der Waals surface area contributed by atoms with Crippen molar-refractivity contribution in [1.82, 2.24) is 10.2 Å². The second-order valence-corrected chi connectivity index (χ2v) is 9.72. The summed E-state index contributed by atoms with van der Waals surface area (Å²) in [6.07, 6.45) is 1.22. The van der Waals surface area contributed by atoms with E-state index in [1.165, 1.54) is 11.6 Å². The van der Waals surface area contributed by atoms with Crippen molar-refractivity contribution in [1.29, 1.82) is 0 Å². The number of amides is 1. The lowest BCUT2D eigenvalue weighted by molar-refractivity contribution is -0.127. The number of carbonyl (C=O) groups is 1. The van der Waals surface area contributed by atoms with Gasteiger partial charge in [0, 0.05) is 25.2 Å². The molecular formula is C30H35FN2O2. The molecule has 1 amide bonds. The Morgan fingerprint density at radius 2 is 1.80 bits per heavy atom. The van der Waals surface area contributed by atoms with Gasteiger partial charge in [0.1, 0.15) is 11.6 Å². The van der Waals surface area contributed by atoms with Gasteiger partial charge < -0.3 is 10.1 Å². The molecule has 4 nitrogen and oxygen atoms in total. The molecule has 1 aliphatic rings. The van der Waals surface area contributed by atoms with Gasteiger partial charge >= 0.3 is 0 Å². The number of hydrogen-bond donors (Lipinski definition) is 1. The number of benzene rings is 3. The van der Waals surface area contributed by atoms with Gasteiger partial charge in [0.05, 0.1) is 6.04 Å². The fourth-order valence-electron chi connectivity index (χ4n) is 4.65. The summed E-state index contributed by atoms with van der Waals surface area (Å²) < 4.78 is 20.6. The van der Waals surface area contributed by atoms with Crippen molar-refractivity contribution in [2.75, 3.05) is 13.1 Å². The zero-order valence-corrected chi connectivity index (χ0v) is 20.8. The number of carbonyl (C=O) groups excluding carboxylic acids is 1. The van der Waals surface area contributed by atoms with Crippen LogP contribution in [0.1, 0.15) is 55.5 Å². The van der Waals surface area contributed by atoms with E-state index in [0.29, 0.717) is 30.3 Å². The van der Waals surface area contributed by atoms with Gasteiger partial charge in [-0.15, -0.1) is 0 Å². The third kappa shape index (κ3) is 6.29. The first kappa shape index (κ1) is 24.9. The lowest BCUT2D eigenvalue weighted by Crippen LogP contribution is -2.37. The summed E-state index contributed by atoms with van der Waals surface area (Å²) in [5.74, 6) is 0.919. The van der Waals surface area contributed by atoms with E-state index < -0.39 is 6.10 Å². The van der Waals surface area contributed by atoms with Gasteiger partial charge in [-0.1, -0.05) is 68.4 Å². The first-order valence-corrected chi connectivity index (χ1v) is 12.5. The Labute approximate surface area is 208 Å². The normalized spacial score (nSPS) is 16.5. The van der Waals surface area contributed by atoms with Crippen molar-refractivity contribution in [3.8, 4) is 5.75 Å². The van der Waals surface area contributed by atoms with E-state index in [0.717, 1.165) is 30.5 Å². The average Bonchev–Trinajstić information content (AvgIpc) is 2.85. The molecule has 0 radical (unpaired) electrons. The van der Waals surface area contributed by atoms with E-state index in [9.17, 15) is 9.18 Å². The molecule has 3 aromatic carbocycles. The Hall–Kier alpha value is -3.18. The van der Waals surface area contributed by atoms with Crippen molar-refractivity contribution >= 4 is 5.91 Å². The molecule has 0 saturated heterocycles. The van der Waals surface area contributed by atoms with Crippen molar-refractivity contribution < 1.29 is 13.9 Å². The van der Waals surface area contributed by atoms with E-state index in [4.69, 9.17) is 4.74 Å². The highest BCUT2D eigenvalue weighted by Gasteiger charge is 2.30. The molecule has 1 N–H and O–H groups in total. The zero-order valence-electron chi connectivity index (χ0n) is 20.8. The minimum Gasteiger partial charge on any atom is -0.481 e. The van der Waals surface area contributed by atoms with Crippen LogP contribution in [-0.2, 0) is 17.8 Å². The topological polar surface area (TPSA) is 41.6 Å². The summed E-state index contributed by atoms with van der Waals surface area (Å²) in [6, 6.07) is 23.4. The van der Waals surface area contributed by atoms with Crippen molar-refractivity contribution in [3.63, 3.8) is 0 Å². The van der Waals surface area contributed by atoms with E-state index >= 15 is 0 Å². The highest BCUT2D eigenvalue weighted by molar-refractivity contribution is 5.80. The monoisotopic (exact) mass is 474 g/mol. The molecule has 5 heteroatoms. The van der Waals surface area contributed by atoms with Crippen LogP contribution in [0.25, 0.3) is 0 Å². The highest BCUT2D eigenvalue weighted by Crippen LogP contribution is 2.38. The van der Waals surface area contributed by atoms with Crippen LogP contribution >= 0.6 is 0 Å². The van der Waals surface area contributed by atoms with Gasteiger partial charge in [-0.25, -0.2) is 4.39 Å². The van der Waals surface area contributed by atoms with Crippen LogP contribution in [0.3, 0.4) is 0 Å². The van der Waals surface area contributed by atoms with Gasteiger partial charge in [0.2, 0.25) is 0 Å². The average molecular weight is 475 g/mol. The maximum absolute atomic E-state index is 14.5. The summed E-state index contributed by atoms with van der Waals surface area (Å²) in [7, 11) is 0. The van der Waals surface area contributed by atoms with Crippen LogP contribution in [0.5, 0.6) is 5.75 Å². The third-order valence-electron chi connectivity index (χ3n) is 6.60. The molecular weight excluding hydrogens is 439 g/mol. The molecule has 35 heavy (non-hydrogen) atoms. The molecule has 0 saturated carbocycles. The van der Waals surface area contributed by atoms with Crippen LogP contribution < -0.4 is 10.1 Å². The quantitative estimate of drug-likeness (QED) is 0.420. The molecule has 0 unspecified atom stereocenters. The van der Waals surface area contributed by atoms with Crippen LogP contribution in [-0.4, -0.2) is 30.0 Å². The zero-order chi connectivity index (χ0) is 24.8. The number of rotatable bonds is 9. The summed E-state index contributed by atoms with van der Waals surface area (Å²) >= 11 is 0. The maximum atomic E-state index is 14.5. The third-order valence-corrected chi connectivity index (χ3v) is 6.60. The van der Waals surface area contributed by atoms with E-state index in [1.54, 1.807) is 13.0 Å². The van der Waals surface area contributed by atoms with Crippen molar-refractivity contribution in [3.05, 3.63) is 101 Å². The second kappa shape index (κ2) is 11.5. The lowest BCUT2D eigenvalue weighted by atomic mass is 9.87. The first-order valence-electron chi connectivity index (χ1n) is 12.5. The molecule has 1 heterocycles. The van der Waals surface area contributed by atoms with E-state index in [-0.39, 0.29) is 17.8 Å². The predicted molar refractivity (Wildman–Crippen MR) is 138 cm³/mol. The summed E-state index contributed by atoms with van der Waals surface area (Å²) in [4.78, 5) is 14.8. The molecule has 4 rings (SSSR count). The van der Waals surface area contributed by atoms with Gasteiger partial charge in [-0.2, -0.15) is 0 Å². The molecule has 184 valence electrons. The molecule has 0 bridgehead atoms. The minimum absolute atomic E-state index is 0.0294. The van der Waals surface area contributed by atoms with Gasteiger partial charge in [-0.05, 0) is 60.6 Å². The fraction of sp³-hybridized carbons (Fsp3) is 0.367. The molecule has 0 fully saturated rings. The van der Waals surface area contributed by atoms with Crippen LogP contribution in [0, 0.1) is 11.7 Å². The molecule has 1 aliphatic heterocycles. The smallest absolute Gasteiger partial charge is 0.260 e. The minimum atomic E-state index is -0.589. The molecule has 2 atom stereocenters. The predicted octanol–water partition coefficient (Wildman–Crippen LogP) is 5.90. The molecule has 0 aliphatic carbocycles. The number of halogens is 1. The van der Waals surface area contributed by atoms with Gasteiger partial charge in [0.25, 0.3) is 5.91 Å².